The predicted molar refractivity (Wildman–Crippen MR) is 83.9 cm³/mol. The van der Waals surface area contributed by atoms with Gasteiger partial charge in [-0.3, -0.25) is 9.89 Å². The molecule has 2 aromatic rings. The minimum absolute atomic E-state index is 0.0721. The van der Waals surface area contributed by atoms with Gasteiger partial charge in [0.15, 0.2) is 5.69 Å². The van der Waals surface area contributed by atoms with E-state index >= 15 is 0 Å². The van der Waals surface area contributed by atoms with Gasteiger partial charge in [-0.2, -0.15) is 15.3 Å². The molecule has 2 atom stereocenters. The molecule has 122 valence electrons. The summed E-state index contributed by atoms with van der Waals surface area (Å²) in [6.45, 7) is 8.25. The van der Waals surface area contributed by atoms with E-state index < -0.39 is 0 Å². The van der Waals surface area contributed by atoms with Crippen LogP contribution < -0.4 is 5.32 Å². The van der Waals surface area contributed by atoms with Crippen LogP contribution in [0, 0.1) is 13.8 Å². The molecule has 0 saturated heterocycles. The van der Waals surface area contributed by atoms with Gasteiger partial charge in [0, 0.05) is 18.5 Å². The molecule has 1 aliphatic rings. The lowest BCUT2D eigenvalue weighted by Gasteiger charge is -2.25. The maximum absolute atomic E-state index is 12.5. The molecule has 3 rings (SSSR count). The zero-order valence-electron chi connectivity index (χ0n) is 13.8. The number of nitrogens with one attached hydrogen (secondary N) is 2. The summed E-state index contributed by atoms with van der Waals surface area (Å²) in [6.07, 6.45) is 2.38. The molecule has 7 heteroatoms. The van der Waals surface area contributed by atoms with Gasteiger partial charge in [-0.1, -0.05) is 0 Å². The minimum Gasteiger partial charge on any atom is -0.369 e. The zero-order chi connectivity index (χ0) is 16.6. The molecule has 0 unspecified atom stereocenters. The van der Waals surface area contributed by atoms with Gasteiger partial charge >= 0.3 is 0 Å². The Morgan fingerprint density at radius 2 is 2.22 bits per heavy atom. The van der Waals surface area contributed by atoms with Crippen LogP contribution in [0.4, 0.5) is 0 Å². The van der Waals surface area contributed by atoms with Gasteiger partial charge in [0.25, 0.3) is 5.91 Å². The van der Waals surface area contributed by atoms with Crippen molar-refractivity contribution >= 4 is 5.91 Å². The van der Waals surface area contributed by atoms with Crippen molar-refractivity contribution in [1.82, 2.24) is 25.7 Å². The van der Waals surface area contributed by atoms with E-state index in [-0.39, 0.29) is 18.1 Å². The number of ether oxygens (including phenoxy) is 1. The van der Waals surface area contributed by atoms with Crippen molar-refractivity contribution in [3.63, 3.8) is 0 Å². The fourth-order valence-electron chi connectivity index (χ4n) is 2.89. The van der Waals surface area contributed by atoms with Gasteiger partial charge in [-0.15, -0.1) is 0 Å². The van der Waals surface area contributed by atoms with Gasteiger partial charge in [0.1, 0.15) is 0 Å². The molecule has 0 spiro atoms. The molecule has 3 heterocycles. The third-order valence-corrected chi connectivity index (χ3v) is 4.33. The van der Waals surface area contributed by atoms with Crippen LogP contribution in [0.25, 0.3) is 0 Å². The Hall–Kier alpha value is -2.28. The van der Waals surface area contributed by atoms with Crippen LogP contribution >= 0.6 is 0 Å². The van der Waals surface area contributed by atoms with Gasteiger partial charge in [0.2, 0.25) is 0 Å². The second-order valence-corrected chi connectivity index (χ2v) is 6.02. The summed E-state index contributed by atoms with van der Waals surface area (Å²) in [4.78, 5) is 12.5. The first-order chi connectivity index (χ1) is 11.0. The molecule has 1 amide bonds. The lowest BCUT2D eigenvalue weighted by molar-refractivity contribution is -0.00697. The molecule has 0 radical (unpaired) electrons. The van der Waals surface area contributed by atoms with Crippen LogP contribution in [0.15, 0.2) is 6.20 Å². The summed E-state index contributed by atoms with van der Waals surface area (Å²) >= 11 is 0. The predicted octanol–water partition coefficient (Wildman–Crippen LogP) is 1.77. The number of aryl methyl sites for hydroxylation is 1. The number of hydrogen-bond donors (Lipinski definition) is 2. The van der Waals surface area contributed by atoms with Crippen LogP contribution in [-0.2, 0) is 17.7 Å². The molecule has 1 aliphatic heterocycles. The Kier molecular flexibility index (Phi) is 4.12. The number of rotatable bonds is 3. The average Bonchev–Trinajstić information content (AvgIpc) is 2.92. The topological polar surface area (TPSA) is 92.8 Å². The van der Waals surface area contributed by atoms with Crippen LogP contribution in [0.1, 0.15) is 58.5 Å². The molecule has 0 bridgehead atoms. The van der Waals surface area contributed by atoms with E-state index in [2.05, 4.69) is 25.7 Å². The fraction of sp³-hybridized carbons (Fsp3) is 0.500. The molecule has 0 saturated carbocycles. The summed E-state index contributed by atoms with van der Waals surface area (Å²) < 4.78 is 5.75. The highest BCUT2D eigenvalue weighted by Gasteiger charge is 2.29. The maximum atomic E-state index is 12.5. The number of aromatic amines is 1. The van der Waals surface area contributed by atoms with E-state index in [1.807, 2.05) is 27.7 Å². The summed E-state index contributed by atoms with van der Waals surface area (Å²) in [5.74, 6) is -0.183. The molecule has 0 aliphatic carbocycles. The van der Waals surface area contributed by atoms with Crippen LogP contribution in [0.5, 0.6) is 0 Å². The number of nitrogens with zero attached hydrogens (tertiary/aromatic N) is 3. The highest BCUT2D eigenvalue weighted by atomic mass is 16.5. The SMILES string of the molecule is Cc1nncc(CNC(=O)c2n[nH]c3c2C[C@@H](C)O[C@H]3C)c1C. The van der Waals surface area contributed by atoms with Crippen molar-refractivity contribution in [3.8, 4) is 0 Å². The number of fused-ring (bicyclic) bond motifs is 1. The Morgan fingerprint density at radius 1 is 1.43 bits per heavy atom. The van der Waals surface area contributed by atoms with Crippen LogP contribution in [-0.4, -0.2) is 32.4 Å². The molecule has 0 fully saturated rings. The minimum atomic E-state index is -0.183. The Bertz CT molecular complexity index is 740. The molecule has 7 nitrogen and oxygen atoms in total. The first kappa shape index (κ1) is 15.6. The van der Waals surface area contributed by atoms with Crippen molar-refractivity contribution in [2.75, 3.05) is 0 Å². The Labute approximate surface area is 134 Å². The number of carbonyl (C=O) groups is 1. The third-order valence-electron chi connectivity index (χ3n) is 4.33. The zero-order valence-corrected chi connectivity index (χ0v) is 13.8. The first-order valence-electron chi connectivity index (χ1n) is 7.76. The number of carbonyl (C=O) groups excluding carboxylic acids is 1. The highest BCUT2D eigenvalue weighted by Crippen LogP contribution is 2.30. The lowest BCUT2D eigenvalue weighted by atomic mass is 9.99. The third kappa shape index (κ3) is 2.96. The molecule has 23 heavy (non-hydrogen) atoms. The van der Waals surface area contributed by atoms with Gasteiger partial charge in [-0.25, -0.2) is 0 Å². The maximum Gasteiger partial charge on any atom is 0.272 e. The number of H-pyrrole nitrogens is 1. The van der Waals surface area contributed by atoms with E-state index in [4.69, 9.17) is 4.74 Å². The van der Waals surface area contributed by atoms with Gasteiger partial charge in [-0.05, 0) is 38.8 Å². The van der Waals surface area contributed by atoms with Crippen molar-refractivity contribution in [2.24, 2.45) is 0 Å². The van der Waals surface area contributed by atoms with E-state index in [9.17, 15) is 4.79 Å². The Morgan fingerprint density at radius 3 is 3.00 bits per heavy atom. The molecule has 2 aromatic heterocycles. The first-order valence-corrected chi connectivity index (χ1v) is 7.76. The highest BCUT2D eigenvalue weighted by molar-refractivity contribution is 5.94. The fourth-order valence-corrected chi connectivity index (χ4v) is 2.89. The molecular weight excluding hydrogens is 294 g/mol. The Balaban J connectivity index is 1.76. The normalized spacial score (nSPS) is 20.2. The van der Waals surface area contributed by atoms with Crippen molar-refractivity contribution < 1.29 is 9.53 Å². The second kappa shape index (κ2) is 6.08. The number of amides is 1. The van der Waals surface area contributed by atoms with E-state index in [0.717, 1.165) is 28.1 Å². The van der Waals surface area contributed by atoms with Gasteiger partial charge in [0.05, 0.1) is 29.8 Å². The summed E-state index contributed by atoms with van der Waals surface area (Å²) in [7, 11) is 0. The quantitative estimate of drug-likeness (QED) is 0.900. The standard InChI is InChI=1S/C16H21N5O2/c1-8-5-13-14(11(4)23-8)20-21-15(13)16(22)17-6-12-7-18-19-10(3)9(12)2/h7-8,11H,5-6H2,1-4H3,(H,17,22)(H,20,21)/t8-,11+/m1/s1. The molecule has 2 N–H and O–H groups in total. The summed E-state index contributed by atoms with van der Waals surface area (Å²) in [6, 6.07) is 0. The van der Waals surface area contributed by atoms with E-state index in [0.29, 0.717) is 18.7 Å². The van der Waals surface area contributed by atoms with E-state index in [1.165, 1.54) is 0 Å². The summed E-state index contributed by atoms with van der Waals surface area (Å²) in [5, 5.41) is 18.0. The average molecular weight is 315 g/mol. The largest absolute Gasteiger partial charge is 0.369 e. The summed E-state index contributed by atoms with van der Waals surface area (Å²) in [5.41, 5.74) is 5.17. The molecule has 0 aromatic carbocycles. The monoisotopic (exact) mass is 315 g/mol. The van der Waals surface area contributed by atoms with Crippen molar-refractivity contribution in [2.45, 2.75) is 52.9 Å². The smallest absolute Gasteiger partial charge is 0.272 e. The van der Waals surface area contributed by atoms with Crippen molar-refractivity contribution in [1.29, 1.82) is 0 Å². The van der Waals surface area contributed by atoms with Crippen LogP contribution in [0.3, 0.4) is 0 Å². The molecular formula is C16H21N5O2. The van der Waals surface area contributed by atoms with Crippen LogP contribution in [0.2, 0.25) is 0 Å². The number of aromatic nitrogens is 4. The lowest BCUT2D eigenvalue weighted by Crippen LogP contribution is -2.27. The van der Waals surface area contributed by atoms with Gasteiger partial charge < -0.3 is 10.1 Å². The number of hydrogen-bond acceptors (Lipinski definition) is 5. The second-order valence-electron chi connectivity index (χ2n) is 6.02. The van der Waals surface area contributed by atoms with Crippen molar-refractivity contribution in [3.05, 3.63) is 40.0 Å². The van der Waals surface area contributed by atoms with E-state index in [1.54, 1.807) is 6.20 Å².